The third-order valence-corrected chi connectivity index (χ3v) is 0. The average Bonchev–Trinajstić information content (AvgIpc) is 1.62. The van der Waals surface area contributed by atoms with Gasteiger partial charge in [0.1, 0.15) is 0 Å². The summed E-state index contributed by atoms with van der Waals surface area (Å²) in [6, 6.07) is 0. The molecule has 0 atom stereocenters. The van der Waals surface area contributed by atoms with Crippen LogP contribution in [-0.4, -0.2) is 0 Å². The monoisotopic (exact) mass is 1070 g/mol. The summed E-state index contributed by atoms with van der Waals surface area (Å²) >= 11 is 0. The Morgan fingerprint density at radius 1 is 0.304 bits per heavy atom. The maximum atomic E-state index is 8.55. The molecule has 0 saturated heterocycles. The Hall–Kier alpha value is 3.71. The van der Waals surface area contributed by atoms with Crippen LogP contribution in [0.1, 0.15) is 0 Å². The van der Waals surface area contributed by atoms with E-state index in [1.54, 1.807) is 0 Å². The van der Waals surface area contributed by atoms with Gasteiger partial charge in [0.2, 0.25) is 0 Å². The second-order valence-corrected chi connectivity index (χ2v) is 5.37. The number of rotatable bonds is 0. The second-order valence-electron chi connectivity index (χ2n) is 1.79. The Labute approximate surface area is 202 Å². The fourth-order valence-electron chi connectivity index (χ4n) is 0. The Morgan fingerprint density at radius 2 is 0.304 bits per heavy atom. The number of phosphoric acid groups is 4. The SMILES string of the molecule is O=P([O-])([O-])[O-].O=P([O-])([O-])[O-].O=P([O-])([O-])[O-].O=P([O-])([O-])[O-].[Pa].[Pa].[Pa]. The van der Waals surface area contributed by atoms with Gasteiger partial charge in [-0.25, -0.2) is 0 Å². The predicted octanol–water partition coefficient (Wildman–Crippen LogP) is -11.3. The van der Waals surface area contributed by atoms with Crippen LogP contribution < -0.4 is 58.7 Å². The van der Waals surface area contributed by atoms with Crippen molar-refractivity contribution in [2.45, 2.75) is 0 Å². The molecule has 3 radical (unpaired) electrons. The van der Waals surface area contributed by atoms with Gasteiger partial charge in [-0.2, -0.15) is 31.3 Å². The molecule has 0 rings (SSSR count). The van der Waals surface area contributed by atoms with E-state index in [1.165, 1.54) is 0 Å². The molecule has 0 bridgehead atoms. The normalized spacial score (nSPS) is 10.3. The molecule has 23 heteroatoms. The minimum absolute atomic E-state index is 0. The first-order valence-corrected chi connectivity index (χ1v) is 8.76. The van der Waals surface area contributed by atoms with Crippen LogP contribution in [0.5, 0.6) is 0 Å². The van der Waals surface area contributed by atoms with Crippen molar-refractivity contribution in [3.8, 4) is 0 Å². The van der Waals surface area contributed by atoms with E-state index >= 15 is 0 Å². The smallest absolute Gasteiger partial charge is 0 e. The molecule has 23 heavy (non-hydrogen) atoms. The van der Waals surface area contributed by atoms with E-state index in [9.17, 15) is 0 Å². The van der Waals surface area contributed by atoms with Gasteiger partial charge in [0, 0.05) is 96.9 Å². The van der Waals surface area contributed by atoms with Crippen molar-refractivity contribution in [3.63, 3.8) is 0 Å². The quantitative estimate of drug-likeness (QED) is 0.203. The second kappa shape index (κ2) is 20.4. The van der Waals surface area contributed by atoms with Crippen molar-refractivity contribution in [1.29, 1.82) is 0 Å². The molecule has 16 nitrogen and oxygen atoms in total. The summed E-state index contributed by atoms with van der Waals surface area (Å²) < 4.78 is 34.2. The summed E-state index contributed by atoms with van der Waals surface area (Å²) in [5, 5.41) is 0. The van der Waals surface area contributed by atoms with Crippen molar-refractivity contribution < 1.29 is 174 Å². The van der Waals surface area contributed by atoms with Crippen LogP contribution in [0.25, 0.3) is 0 Å². The molecule has 0 aliphatic carbocycles. The van der Waals surface area contributed by atoms with Crippen molar-refractivity contribution in [2.24, 2.45) is 0 Å². The van der Waals surface area contributed by atoms with Crippen LogP contribution in [0.15, 0.2) is 0 Å². The molecule has 0 spiro atoms. The molecular formula is O16P4Pa3-12. The first-order valence-electron chi connectivity index (χ1n) is 2.92. The van der Waals surface area contributed by atoms with E-state index in [2.05, 4.69) is 0 Å². The molecule has 0 N–H and O–H groups in total. The summed E-state index contributed by atoms with van der Waals surface area (Å²) in [7, 11) is -21.6. The van der Waals surface area contributed by atoms with Crippen LogP contribution in [0.2, 0.25) is 0 Å². The van der Waals surface area contributed by atoms with Crippen molar-refractivity contribution >= 4 is 31.3 Å². The average molecular weight is 1070 g/mol. The van der Waals surface area contributed by atoms with E-state index in [1.807, 2.05) is 0 Å². The van der Waals surface area contributed by atoms with Gasteiger partial charge in [0.05, 0.1) is 0 Å². The van der Waals surface area contributed by atoms with Gasteiger partial charge >= 0.3 is 0 Å². The molecular weight excluding hydrogens is 1070 g/mol. The van der Waals surface area contributed by atoms with Crippen LogP contribution in [0.4, 0.5) is 0 Å². The molecule has 137 valence electrons. The first kappa shape index (κ1) is 45.4. The summed E-state index contributed by atoms with van der Waals surface area (Å²) in [5.41, 5.74) is 0. The maximum Gasteiger partial charge on any atom is 0 e. The number of hydrogen-bond donors (Lipinski definition) is 0. The fraction of sp³-hybridized carbons (Fsp3) is 0. The largest absolute Gasteiger partial charge is 0.822 e. The van der Waals surface area contributed by atoms with E-state index in [-0.39, 0.29) is 96.9 Å². The zero-order chi connectivity index (χ0) is 18.0. The Balaban J connectivity index is -0.0000000284. The molecule has 0 heterocycles. The van der Waals surface area contributed by atoms with Gasteiger partial charge in [-0.15, -0.1) is 0 Å². The Bertz CT molecular complexity index is 292. The van der Waals surface area contributed by atoms with Crippen molar-refractivity contribution in [3.05, 3.63) is 0 Å². The van der Waals surface area contributed by atoms with E-state index in [4.69, 9.17) is 77.0 Å². The third-order valence-electron chi connectivity index (χ3n) is 0. The Kier molecular flexibility index (Phi) is 40.4. The molecule has 0 unspecified atom stereocenters. The molecule has 0 aromatic carbocycles. The zero-order valence-corrected chi connectivity index (χ0v) is 28.1. The minimum atomic E-state index is -5.39. The van der Waals surface area contributed by atoms with Gasteiger partial charge in [0.25, 0.3) is 0 Å². The van der Waals surface area contributed by atoms with E-state index in [0.29, 0.717) is 0 Å². The number of hydrogen-bond acceptors (Lipinski definition) is 16. The van der Waals surface area contributed by atoms with Crippen LogP contribution in [0, 0.1) is 96.9 Å². The van der Waals surface area contributed by atoms with Gasteiger partial charge in [-0.3, -0.25) is 0 Å². The zero-order valence-electron chi connectivity index (χ0n) is 10.1. The third kappa shape index (κ3) is 1050. The molecule has 0 aromatic rings. The van der Waals surface area contributed by atoms with Gasteiger partial charge in [-0.05, 0) is 0 Å². The van der Waals surface area contributed by atoms with Crippen molar-refractivity contribution in [2.75, 3.05) is 0 Å². The predicted molar refractivity (Wildman–Crippen MR) is 30.4 cm³/mol. The van der Waals surface area contributed by atoms with Crippen LogP contribution >= 0.6 is 31.3 Å². The van der Waals surface area contributed by atoms with Gasteiger partial charge < -0.3 is 77.0 Å². The standard InChI is InChI=1S/4H3O4P.3Pa/c4*1-5(2,3)4;;;/h4*(H3,1,2,3,4);;;/p-12. The van der Waals surface area contributed by atoms with Gasteiger partial charge in [0.15, 0.2) is 0 Å². The summed E-state index contributed by atoms with van der Waals surface area (Å²) in [4.78, 5) is 103. The molecule has 0 amide bonds. The van der Waals surface area contributed by atoms with Crippen molar-refractivity contribution in [1.82, 2.24) is 0 Å². The van der Waals surface area contributed by atoms with E-state index < -0.39 is 31.3 Å². The molecule has 0 aliphatic rings. The Morgan fingerprint density at radius 3 is 0.304 bits per heavy atom. The maximum absolute atomic E-state index is 8.55. The summed E-state index contributed by atoms with van der Waals surface area (Å²) in [6.07, 6.45) is 0. The first-order chi connectivity index (χ1) is 8.00. The molecule has 0 aromatic heterocycles. The van der Waals surface area contributed by atoms with Gasteiger partial charge in [-0.1, -0.05) is 0 Å². The fourth-order valence-corrected chi connectivity index (χ4v) is 0. The molecule has 0 saturated carbocycles. The summed E-state index contributed by atoms with van der Waals surface area (Å²) in [6.45, 7) is 0. The van der Waals surface area contributed by atoms with Crippen LogP contribution in [0.3, 0.4) is 0 Å². The molecule has 0 aliphatic heterocycles. The summed E-state index contributed by atoms with van der Waals surface area (Å²) in [5.74, 6) is 0. The molecule has 0 fully saturated rings. The topological polar surface area (TPSA) is 345 Å². The minimum Gasteiger partial charge on any atom is -0.822 e. The van der Waals surface area contributed by atoms with E-state index in [0.717, 1.165) is 0 Å². The van der Waals surface area contributed by atoms with Crippen LogP contribution in [-0.2, 0) is 18.3 Å².